The molecule has 0 saturated heterocycles. The highest BCUT2D eigenvalue weighted by Gasteiger charge is 2.11. The Bertz CT molecular complexity index is 564. The van der Waals surface area contributed by atoms with Crippen LogP contribution in [0.5, 0.6) is 5.75 Å². The minimum Gasteiger partial charge on any atom is -0.485 e. The molecule has 108 valence electrons. The molecule has 1 heterocycles. The highest BCUT2D eigenvalue weighted by atomic mass is 16.5. The van der Waals surface area contributed by atoms with Crippen molar-refractivity contribution >= 4 is 0 Å². The van der Waals surface area contributed by atoms with Crippen LogP contribution in [0.2, 0.25) is 0 Å². The Kier molecular flexibility index (Phi) is 4.74. The number of aliphatic hydroxyl groups is 1. The molecular weight excluding hydrogens is 256 g/mol. The first-order valence-corrected chi connectivity index (χ1v) is 6.83. The number of aliphatic hydroxyl groups excluding tert-OH is 1. The van der Waals surface area contributed by atoms with Gasteiger partial charge in [0, 0.05) is 12.0 Å². The summed E-state index contributed by atoms with van der Waals surface area (Å²) in [7, 11) is 0. The molecule has 2 aromatic rings. The van der Waals surface area contributed by atoms with Gasteiger partial charge in [-0.2, -0.15) is 4.98 Å². The third kappa shape index (κ3) is 3.57. The van der Waals surface area contributed by atoms with Crippen LogP contribution in [0.3, 0.4) is 0 Å². The maximum Gasteiger partial charge on any atom is 0.226 e. The van der Waals surface area contributed by atoms with Gasteiger partial charge in [-0.05, 0) is 32.4 Å². The van der Waals surface area contributed by atoms with Gasteiger partial charge < -0.3 is 14.4 Å². The van der Waals surface area contributed by atoms with Crippen molar-refractivity contribution in [1.29, 1.82) is 0 Å². The number of aromatic nitrogens is 2. The van der Waals surface area contributed by atoms with E-state index >= 15 is 0 Å². The van der Waals surface area contributed by atoms with Crippen molar-refractivity contribution in [3.05, 3.63) is 41.0 Å². The molecule has 0 spiro atoms. The maximum atomic E-state index is 9.77. The molecule has 0 aliphatic carbocycles. The lowest BCUT2D eigenvalue weighted by molar-refractivity contribution is 0.189. The fourth-order valence-electron chi connectivity index (χ4n) is 1.93. The molecule has 0 saturated carbocycles. The van der Waals surface area contributed by atoms with Gasteiger partial charge >= 0.3 is 0 Å². The van der Waals surface area contributed by atoms with Gasteiger partial charge in [0.1, 0.15) is 5.75 Å². The van der Waals surface area contributed by atoms with Gasteiger partial charge in [-0.1, -0.05) is 23.7 Å². The third-order valence-corrected chi connectivity index (χ3v) is 2.95. The van der Waals surface area contributed by atoms with E-state index in [0.717, 1.165) is 24.0 Å². The molecule has 1 atom stereocenters. The minimum absolute atomic E-state index is 0.232. The zero-order valence-corrected chi connectivity index (χ0v) is 12.1. The predicted octanol–water partition coefficient (Wildman–Crippen LogP) is 2.96. The standard InChI is InChI=1S/C15H20N2O3/c1-4-5-15-16-14(17-20-15)9-19-13-7-6-10(2)8-12(13)11(3)18/h6-8,11,18H,4-5,9H2,1-3H3. The molecule has 5 nitrogen and oxygen atoms in total. The molecule has 1 unspecified atom stereocenters. The van der Waals surface area contributed by atoms with Crippen molar-refractivity contribution in [3.8, 4) is 5.75 Å². The molecule has 0 amide bonds. The van der Waals surface area contributed by atoms with Gasteiger partial charge in [0.05, 0.1) is 6.10 Å². The van der Waals surface area contributed by atoms with Crippen molar-refractivity contribution in [2.45, 2.75) is 46.3 Å². The summed E-state index contributed by atoms with van der Waals surface area (Å²) in [6.45, 7) is 5.98. The van der Waals surface area contributed by atoms with E-state index in [1.807, 2.05) is 25.1 Å². The summed E-state index contributed by atoms with van der Waals surface area (Å²) in [6, 6.07) is 5.71. The first-order valence-electron chi connectivity index (χ1n) is 6.83. The molecule has 0 aliphatic rings. The van der Waals surface area contributed by atoms with Crippen molar-refractivity contribution in [2.24, 2.45) is 0 Å². The number of ether oxygens (including phenoxy) is 1. The van der Waals surface area contributed by atoms with Crippen LogP contribution in [0.25, 0.3) is 0 Å². The summed E-state index contributed by atoms with van der Waals surface area (Å²) < 4.78 is 10.8. The summed E-state index contributed by atoms with van der Waals surface area (Å²) in [5, 5.41) is 13.6. The van der Waals surface area contributed by atoms with Gasteiger partial charge in [-0.25, -0.2) is 0 Å². The Morgan fingerprint density at radius 3 is 2.90 bits per heavy atom. The number of hydrogen-bond acceptors (Lipinski definition) is 5. The molecule has 0 fully saturated rings. The molecule has 0 bridgehead atoms. The van der Waals surface area contributed by atoms with Gasteiger partial charge in [0.15, 0.2) is 6.61 Å². The molecule has 20 heavy (non-hydrogen) atoms. The first kappa shape index (κ1) is 14.5. The third-order valence-electron chi connectivity index (χ3n) is 2.95. The second-order valence-electron chi connectivity index (χ2n) is 4.86. The van der Waals surface area contributed by atoms with Crippen LogP contribution in [0.1, 0.15) is 49.2 Å². The van der Waals surface area contributed by atoms with Gasteiger partial charge in [0.25, 0.3) is 0 Å². The average Bonchev–Trinajstić information content (AvgIpc) is 2.85. The number of rotatable bonds is 6. The van der Waals surface area contributed by atoms with Crippen LogP contribution >= 0.6 is 0 Å². The summed E-state index contributed by atoms with van der Waals surface area (Å²) in [5.74, 6) is 1.80. The molecule has 0 radical (unpaired) electrons. The van der Waals surface area contributed by atoms with E-state index in [2.05, 4.69) is 17.1 Å². The van der Waals surface area contributed by atoms with Crippen molar-refractivity contribution in [1.82, 2.24) is 10.1 Å². The first-order chi connectivity index (χ1) is 9.60. The van der Waals surface area contributed by atoms with Crippen LogP contribution in [-0.4, -0.2) is 15.2 Å². The monoisotopic (exact) mass is 276 g/mol. The Labute approximate surface area is 118 Å². The molecular formula is C15H20N2O3. The van der Waals surface area contributed by atoms with Crippen LogP contribution in [-0.2, 0) is 13.0 Å². The van der Waals surface area contributed by atoms with E-state index in [4.69, 9.17) is 9.26 Å². The fourth-order valence-corrected chi connectivity index (χ4v) is 1.93. The highest BCUT2D eigenvalue weighted by molar-refractivity contribution is 5.38. The zero-order chi connectivity index (χ0) is 14.5. The molecule has 0 aliphatic heterocycles. The lowest BCUT2D eigenvalue weighted by atomic mass is 10.1. The Hall–Kier alpha value is -1.88. The summed E-state index contributed by atoms with van der Waals surface area (Å²) >= 11 is 0. The van der Waals surface area contributed by atoms with Gasteiger partial charge in [0.2, 0.25) is 11.7 Å². The molecule has 1 aromatic carbocycles. The smallest absolute Gasteiger partial charge is 0.226 e. The molecule has 5 heteroatoms. The Balaban J connectivity index is 2.06. The van der Waals surface area contributed by atoms with Crippen molar-refractivity contribution < 1.29 is 14.4 Å². The van der Waals surface area contributed by atoms with Crippen LogP contribution in [0.4, 0.5) is 0 Å². The Morgan fingerprint density at radius 1 is 1.40 bits per heavy atom. The predicted molar refractivity (Wildman–Crippen MR) is 74.4 cm³/mol. The summed E-state index contributed by atoms with van der Waals surface area (Å²) in [4.78, 5) is 4.24. The topological polar surface area (TPSA) is 68.4 Å². The summed E-state index contributed by atoms with van der Waals surface area (Å²) in [5.41, 5.74) is 1.85. The SMILES string of the molecule is CCCc1nc(COc2ccc(C)cc2C(C)O)no1. The van der Waals surface area contributed by atoms with E-state index in [0.29, 0.717) is 17.5 Å². The van der Waals surface area contributed by atoms with Crippen LogP contribution in [0.15, 0.2) is 22.7 Å². The molecule has 1 N–H and O–H groups in total. The minimum atomic E-state index is -0.578. The van der Waals surface area contributed by atoms with E-state index in [1.54, 1.807) is 6.92 Å². The van der Waals surface area contributed by atoms with Crippen molar-refractivity contribution in [2.75, 3.05) is 0 Å². The number of aryl methyl sites for hydroxylation is 2. The zero-order valence-electron chi connectivity index (χ0n) is 12.1. The second-order valence-corrected chi connectivity index (χ2v) is 4.86. The largest absolute Gasteiger partial charge is 0.485 e. The van der Waals surface area contributed by atoms with Gasteiger partial charge in [-0.3, -0.25) is 0 Å². The van der Waals surface area contributed by atoms with E-state index in [-0.39, 0.29) is 6.61 Å². The molecule has 2 rings (SSSR count). The quantitative estimate of drug-likeness (QED) is 0.878. The van der Waals surface area contributed by atoms with Crippen LogP contribution in [0, 0.1) is 6.92 Å². The number of nitrogens with zero attached hydrogens (tertiary/aromatic N) is 2. The number of benzene rings is 1. The average molecular weight is 276 g/mol. The van der Waals surface area contributed by atoms with Crippen LogP contribution < -0.4 is 4.74 Å². The van der Waals surface area contributed by atoms with E-state index in [9.17, 15) is 5.11 Å². The summed E-state index contributed by atoms with van der Waals surface area (Å²) in [6.07, 6.45) is 1.16. The fraction of sp³-hybridized carbons (Fsp3) is 0.467. The maximum absolute atomic E-state index is 9.77. The van der Waals surface area contributed by atoms with E-state index in [1.165, 1.54) is 0 Å². The number of hydrogen-bond donors (Lipinski definition) is 1. The van der Waals surface area contributed by atoms with E-state index < -0.39 is 6.10 Å². The van der Waals surface area contributed by atoms with Gasteiger partial charge in [-0.15, -0.1) is 0 Å². The normalized spacial score (nSPS) is 12.4. The highest BCUT2D eigenvalue weighted by Crippen LogP contribution is 2.26. The lowest BCUT2D eigenvalue weighted by Gasteiger charge is -2.13. The lowest BCUT2D eigenvalue weighted by Crippen LogP contribution is -2.02. The van der Waals surface area contributed by atoms with Crippen molar-refractivity contribution in [3.63, 3.8) is 0 Å². The molecule has 1 aromatic heterocycles. The second kappa shape index (κ2) is 6.52. The Morgan fingerprint density at radius 2 is 2.20 bits per heavy atom.